The molecule has 0 saturated carbocycles. The summed E-state index contributed by atoms with van der Waals surface area (Å²) in [4.78, 5) is 26.7. The fourth-order valence-electron chi connectivity index (χ4n) is 3.61. The molecule has 1 aliphatic rings. The first-order valence-electron chi connectivity index (χ1n) is 10.0. The van der Waals surface area contributed by atoms with Crippen molar-refractivity contribution < 1.29 is 9.59 Å². The zero-order valence-electron chi connectivity index (χ0n) is 16.8. The third-order valence-corrected chi connectivity index (χ3v) is 5.28. The average Bonchev–Trinajstić information content (AvgIpc) is 2.72. The fourth-order valence-corrected chi connectivity index (χ4v) is 3.61. The van der Waals surface area contributed by atoms with E-state index in [4.69, 9.17) is 0 Å². The number of benzene rings is 2. The van der Waals surface area contributed by atoms with Crippen molar-refractivity contribution in [2.45, 2.75) is 39.5 Å². The first-order chi connectivity index (χ1) is 13.5. The van der Waals surface area contributed by atoms with Gasteiger partial charge in [0.25, 0.3) is 0 Å². The molecule has 0 radical (unpaired) electrons. The SMILES string of the molecule is Cc1cccc(C)c1NC(=O)C(=O)NCCc1ccc(N2CCCCC2)cc1. The van der Waals surface area contributed by atoms with E-state index in [0.29, 0.717) is 18.7 Å². The van der Waals surface area contributed by atoms with E-state index in [0.717, 1.165) is 29.8 Å². The van der Waals surface area contributed by atoms with Crippen LogP contribution in [0.1, 0.15) is 36.0 Å². The Hall–Kier alpha value is -2.82. The van der Waals surface area contributed by atoms with Crippen LogP contribution in [0.15, 0.2) is 42.5 Å². The molecule has 0 atom stereocenters. The van der Waals surface area contributed by atoms with Gasteiger partial charge in [-0.2, -0.15) is 0 Å². The molecule has 1 fully saturated rings. The molecule has 2 aromatic carbocycles. The van der Waals surface area contributed by atoms with Crippen LogP contribution in [0, 0.1) is 13.8 Å². The Morgan fingerprint density at radius 1 is 0.893 bits per heavy atom. The third-order valence-electron chi connectivity index (χ3n) is 5.28. The minimum Gasteiger partial charge on any atom is -0.372 e. The van der Waals surface area contributed by atoms with Crippen molar-refractivity contribution in [2.24, 2.45) is 0 Å². The van der Waals surface area contributed by atoms with Gasteiger partial charge in [-0.1, -0.05) is 30.3 Å². The molecule has 28 heavy (non-hydrogen) atoms. The lowest BCUT2D eigenvalue weighted by molar-refractivity contribution is -0.136. The number of para-hydroxylation sites is 1. The average molecular weight is 380 g/mol. The van der Waals surface area contributed by atoms with Gasteiger partial charge in [-0.05, 0) is 68.4 Å². The summed E-state index contributed by atoms with van der Waals surface area (Å²) in [5.74, 6) is -1.23. The van der Waals surface area contributed by atoms with Gasteiger partial charge in [0.05, 0.1) is 0 Å². The van der Waals surface area contributed by atoms with Crippen molar-refractivity contribution in [3.05, 3.63) is 59.2 Å². The summed E-state index contributed by atoms with van der Waals surface area (Å²) in [7, 11) is 0. The van der Waals surface area contributed by atoms with Crippen molar-refractivity contribution in [2.75, 3.05) is 29.9 Å². The van der Waals surface area contributed by atoms with Crippen molar-refractivity contribution in [3.8, 4) is 0 Å². The summed E-state index contributed by atoms with van der Waals surface area (Å²) < 4.78 is 0. The summed E-state index contributed by atoms with van der Waals surface area (Å²) in [6.07, 6.45) is 4.55. The summed E-state index contributed by atoms with van der Waals surface area (Å²) in [6, 6.07) is 14.3. The number of aryl methyl sites for hydroxylation is 2. The first-order valence-corrected chi connectivity index (χ1v) is 10.0. The predicted molar refractivity (Wildman–Crippen MR) is 114 cm³/mol. The second kappa shape index (κ2) is 9.40. The van der Waals surface area contributed by atoms with Crippen LogP contribution in [-0.2, 0) is 16.0 Å². The van der Waals surface area contributed by atoms with E-state index in [9.17, 15) is 9.59 Å². The molecular formula is C23H29N3O2. The lowest BCUT2D eigenvalue weighted by Gasteiger charge is -2.28. The highest BCUT2D eigenvalue weighted by Gasteiger charge is 2.15. The maximum absolute atomic E-state index is 12.2. The van der Waals surface area contributed by atoms with Crippen molar-refractivity contribution in [1.29, 1.82) is 0 Å². The van der Waals surface area contributed by atoms with E-state index in [-0.39, 0.29) is 0 Å². The van der Waals surface area contributed by atoms with Crippen LogP contribution in [0.25, 0.3) is 0 Å². The number of carbonyl (C=O) groups excluding carboxylic acids is 2. The molecule has 1 saturated heterocycles. The Morgan fingerprint density at radius 3 is 2.18 bits per heavy atom. The van der Waals surface area contributed by atoms with Crippen LogP contribution in [-0.4, -0.2) is 31.4 Å². The summed E-state index contributed by atoms with van der Waals surface area (Å²) >= 11 is 0. The molecule has 2 N–H and O–H groups in total. The summed E-state index contributed by atoms with van der Waals surface area (Å²) in [6.45, 7) is 6.51. The van der Waals surface area contributed by atoms with Gasteiger partial charge in [0.1, 0.15) is 0 Å². The minimum atomic E-state index is -0.627. The molecule has 0 spiro atoms. The van der Waals surface area contributed by atoms with Gasteiger partial charge in [0.15, 0.2) is 0 Å². The largest absolute Gasteiger partial charge is 0.372 e. The summed E-state index contributed by atoms with van der Waals surface area (Å²) in [5, 5.41) is 5.42. The zero-order valence-corrected chi connectivity index (χ0v) is 16.8. The van der Waals surface area contributed by atoms with E-state index < -0.39 is 11.8 Å². The number of carbonyl (C=O) groups is 2. The molecule has 5 nitrogen and oxygen atoms in total. The number of nitrogens with zero attached hydrogens (tertiary/aromatic N) is 1. The number of hydrogen-bond donors (Lipinski definition) is 2. The van der Waals surface area contributed by atoms with Crippen molar-refractivity contribution in [3.63, 3.8) is 0 Å². The maximum Gasteiger partial charge on any atom is 0.313 e. The zero-order chi connectivity index (χ0) is 19.9. The van der Waals surface area contributed by atoms with E-state index in [1.165, 1.54) is 24.9 Å². The van der Waals surface area contributed by atoms with Crippen molar-refractivity contribution >= 4 is 23.2 Å². The second-order valence-corrected chi connectivity index (χ2v) is 7.44. The van der Waals surface area contributed by atoms with Crippen LogP contribution >= 0.6 is 0 Å². The number of anilines is 2. The Labute approximate surface area is 167 Å². The number of nitrogens with one attached hydrogen (secondary N) is 2. The predicted octanol–water partition coefficient (Wildman–Crippen LogP) is 3.59. The lowest BCUT2D eigenvalue weighted by Crippen LogP contribution is -2.36. The molecule has 0 aromatic heterocycles. The fraction of sp³-hybridized carbons (Fsp3) is 0.391. The third kappa shape index (κ3) is 5.12. The monoisotopic (exact) mass is 379 g/mol. The van der Waals surface area contributed by atoms with Crippen molar-refractivity contribution in [1.82, 2.24) is 5.32 Å². The van der Waals surface area contributed by atoms with Gasteiger partial charge in [0.2, 0.25) is 0 Å². The van der Waals surface area contributed by atoms with Crippen LogP contribution in [0.4, 0.5) is 11.4 Å². The Balaban J connectivity index is 1.46. The molecular weight excluding hydrogens is 350 g/mol. The van der Waals surface area contributed by atoms with E-state index in [1.54, 1.807) is 0 Å². The molecule has 0 bridgehead atoms. The van der Waals surface area contributed by atoms with E-state index >= 15 is 0 Å². The number of hydrogen-bond acceptors (Lipinski definition) is 3. The van der Waals surface area contributed by atoms with Gasteiger partial charge >= 0.3 is 11.8 Å². The smallest absolute Gasteiger partial charge is 0.313 e. The topological polar surface area (TPSA) is 61.4 Å². The first kappa shape index (κ1) is 19.9. The normalized spacial score (nSPS) is 13.9. The molecule has 148 valence electrons. The maximum atomic E-state index is 12.2. The molecule has 3 rings (SSSR count). The van der Waals surface area contributed by atoms with Crippen LogP contribution in [0.2, 0.25) is 0 Å². The Bertz CT molecular complexity index is 804. The second-order valence-electron chi connectivity index (χ2n) is 7.44. The highest BCUT2D eigenvalue weighted by atomic mass is 16.2. The van der Waals surface area contributed by atoms with Gasteiger partial charge in [0, 0.05) is 31.0 Å². The van der Waals surface area contributed by atoms with Gasteiger partial charge < -0.3 is 15.5 Å². The Kier molecular flexibility index (Phi) is 6.69. The quantitative estimate of drug-likeness (QED) is 0.781. The van der Waals surface area contributed by atoms with Crippen LogP contribution in [0.3, 0.4) is 0 Å². The molecule has 1 aliphatic heterocycles. The van der Waals surface area contributed by atoms with Crippen LogP contribution in [0.5, 0.6) is 0 Å². The highest BCUT2D eigenvalue weighted by molar-refractivity contribution is 6.39. The summed E-state index contributed by atoms with van der Waals surface area (Å²) in [5.41, 5.74) is 5.00. The van der Waals surface area contributed by atoms with Gasteiger partial charge in [-0.3, -0.25) is 9.59 Å². The molecule has 0 unspecified atom stereocenters. The molecule has 0 aliphatic carbocycles. The number of amides is 2. The molecule has 1 heterocycles. The van der Waals surface area contributed by atoms with E-state index in [1.807, 2.05) is 32.0 Å². The highest BCUT2D eigenvalue weighted by Crippen LogP contribution is 2.20. The van der Waals surface area contributed by atoms with Crippen LogP contribution < -0.4 is 15.5 Å². The number of piperidine rings is 1. The van der Waals surface area contributed by atoms with E-state index in [2.05, 4.69) is 39.8 Å². The molecule has 2 aromatic rings. The Morgan fingerprint density at radius 2 is 1.54 bits per heavy atom. The lowest BCUT2D eigenvalue weighted by atomic mass is 10.1. The number of rotatable bonds is 5. The van der Waals surface area contributed by atoms with Gasteiger partial charge in [-0.15, -0.1) is 0 Å². The minimum absolute atomic E-state index is 0.433. The van der Waals surface area contributed by atoms with Gasteiger partial charge in [-0.25, -0.2) is 0 Å². The molecule has 5 heteroatoms. The molecule has 2 amide bonds. The standard InChI is InChI=1S/C23H29N3O2/c1-17-7-6-8-18(2)21(17)25-23(28)22(27)24-14-13-19-9-11-20(12-10-19)26-15-4-3-5-16-26/h6-12H,3-5,13-16H2,1-2H3,(H,24,27)(H,25,28).